The van der Waals surface area contributed by atoms with E-state index in [0.717, 1.165) is 18.4 Å². The lowest BCUT2D eigenvalue weighted by Gasteiger charge is -2.21. The lowest BCUT2D eigenvalue weighted by atomic mass is 10.2. The first kappa shape index (κ1) is 14.3. The summed E-state index contributed by atoms with van der Waals surface area (Å²) in [5, 5.41) is 8.96. The van der Waals surface area contributed by atoms with Gasteiger partial charge in [-0.3, -0.25) is 4.79 Å². The molecule has 1 aliphatic rings. The molecule has 1 saturated carbocycles. The molecule has 0 bridgehead atoms. The van der Waals surface area contributed by atoms with Gasteiger partial charge >= 0.3 is 0 Å². The molecule has 0 heterocycles. The molecule has 5 heteroatoms. The van der Waals surface area contributed by atoms with E-state index in [1.165, 1.54) is 23.9 Å². The number of thioether (sulfide) groups is 1. The molecule has 1 fully saturated rings. The molecule has 0 aromatic heterocycles. The highest BCUT2D eigenvalue weighted by Crippen LogP contribution is 2.27. The van der Waals surface area contributed by atoms with Crippen LogP contribution in [0.4, 0.5) is 4.39 Å². The molecule has 0 atom stereocenters. The van der Waals surface area contributed by atoms with Crippen molar-refractivity contribution >= 4 is 17.7 Å². The Morgan fingerprint density at radius 3 is 2.63 bits per heavy atom. The van der Waals surface area contributed by atoms with Gasteiger partial charge in [0.25, 0.3) is 0 Å². The van der Waals surface area contributed by atoms with Crippen molar-refractivity contribution in [1.29, 1.82) is 0 Å². The van der Waals surface area contributed by atoms with E-state index in [1.54, 1.807) is 17.0 Å². The van der Waals surface area contributed by atoms with E-state index in [9.17, 15) is 9.18 Å². The predicted molar refractivity (Wildman–Crippen MR) is 74.4 cm³/mol. The molecule has 1 amide bonds. The summed E-state index contributed by atoms with van der Waals surface area (Å²) in [7, 11) is 0. The number of rotatable bonds is 7. The zero-order chi connectivity index (χ0) is 13.7. The van der Waals surface area contributed by atoms with E-state index in [2.05, 4.69) is 0 Å². The number of aliphatic hydroxyl groups is 1. The van der Waals surface area contributed by atoms with E-state index >= 15 is 0 Å². The third-order valence-electron chi connectivity index (χ3n) is 3.06. The molecule has 0 spiro atoms. The Morgan fingerprint density at radius 1 is 1.37 bits per heavy atom. The zero-order valence-electron chi connectivity index (χ0n) is 10.7. The lowest BCUT2D eigenvalue weighted by Crippen LogP contribution is -2.36. The fourth-order valence-electron chi connectivity index (χ4n) is 1.92. The van der Waals surface area contributed by atoms with Gasteiger partial charge in [0.15, 0.2) is 0 Å². The number of carbonyl (C=O) groups is 1. The quantitative estimate of drug-likeness (QED) is 0.832. The second-order valence-electron chi connectivity index (χ2n) is 4.66. The van der Waals surface area contributed by atoms with Gasteiger partial charge < -0.3 is 10.0 Å². The normalized spacial score (nSPS) is 14.4. The lowest BCUT2D eigenvalue weighted by molar-refractivity contribution is -0.129. The fraction of sp³-hybridized carbons (Fsp3) is 0.500. The number of nitrogens with zero attached hydrogens (tertiary/aromatic N) is 1. The monoisotopic (exact) mass is 283 g/mol. The van der Waals surface area contributed by atoms with Gasteiger partial charge in [-0.1, -0.05) is 12.1 Å². The number of carbonyl (C=O) groups excluding carboxylic acids is 1. The van der Waals surface area contributed by atoms with E-state index in [1.807, 2.05) is 0 Å². The number of halogens is 1. The number of hydrogen-bond donors (Lipinski definition) is 1. The third kappa shape index (κ3) is 4.51. The molecule has 0 saturated heterocycles. The topological polar surface area (TPSA) is 40.5 Å². The first-order valence-electron chi connectivity index (χ1n) is 6.43. The average molecular weight is 283 g/mol. The highest BCUT2D eigenvalue weighted by Gasteiger charge is 2.31. The SMILES string of the molecule is O=C(CSCc1ccc(F)cc1)N(CCO)C1CC1. The summed E-state index contributed by atoms with van der Waals surface area (Å²) in [5.41, 5.74) is 1.01. The maximum atomic E-state index is 12.7. The van der Waals surface area contributed by atoms with Crippen LogP contribution in [-0.2, 0) is 10.5 Å². The molecule has 1 aromatic rings. The molecular formula is C14H18FNO2S. The minimum Gasteiger partial charge on any atom is -0.395 e. The van der Waals surface area contributed by atoms with Crippen molar-refractivity contribution in [2.45, 2.75) is 24.6 Å². The summed E-state index contributed by atoms with van der Waals surface area (Å²) in [5.74, 6) is 0.952. The molecule has 0 aliphatic heterocycles. The van der Waals surface area contributed by atoms with Crippen LogP contribution in [0.25, 0.3) is 0 Å². The second kappa shape index (κ2) is 6.91. The maximum Gasteiger partial charge on any atom is 0.232 e. The molecule has 1 aromatic carbocycles. The molecule has 0 radical (unpaired) electrons. The Balaban J connectivity index is 1.75. The van der Waals surface area contributed by atoms with Crippen LogP contribution < -0.4 is 0 Å². The molecule has 0 unspecified atom stereocenters. The number of aliphatic hydroxyl groups excluding tert-OH is 1. The van der Waals surface area contributed by atoms with Crippen LogP contribution in [0.15, 0.2) is 24.3 Å². The van der Waals surface area contributed by atoms with Gasteiger partial charge in [-0.15, -0.1) is 11.8 Å². The van der Waals surface area contributed by atoms with Gasteiger partial charge in [-0.25, -0.2) is 4.39 Å². The Bertz CT molecular complexity index is 420. The summed E-state index contributed by atoms with van der Waals surface area (Å²) in [6.07, 6.45) is 2.10. The third-order valence-corrected chi connectivity index (χ3v) is 4.04. The van der Waals surface area contributed by atoms with Crippen LogP contribution in [0.5, 0.6) is 0 Å². The van der Waals surface area contributed by atoms with Gasteiger partial charge in [-0.05, 0) is 30.5 Å². The van der Waals surface area contributed by atoms with Gasteiger partial charge in [-0.2, -0.15) is 0 Å². The Morgan fingerprint density at radius 2 is 2.05 bits per heavy atom. The first-order valence-corrected chi connectivity index (χ1v) is 7.58. The van der Waals surface area contributed by atoms with E-state index in [-0.39, 0.29) is 18.3 Å². The summed E-state index contributed by atoms with van der Waals surface area (Å²) in [6.45, 7) is 0.450. The van der Waals surface area contributed by atoms with Crippen LogP contribution >= 0.6 is 11.8 Å². The highest BCUT2D eigenvalue weighted by atomic mass is 32.2. The van der Waals surface area contributed by atoms with Crippen molar-refractivity contribution in [3.8, 4) is 0 Å². The van der Waals surface area contributed by atoms with E-state index < -0.39 is 0 Å². The van der Waals surface area contributed by atoms with Crippen LogP contribution in [0, 0.1) is 5.82 Å². The summed E-state index contributed by atoms with van der Waals surface area (Å²) >= 11 is 1.52. The number of hydrogen-bond acceptors (Lipinski definition) is 3. The van der Waals surface area contributed by atoms with Crippen LogP contribution in [-0.4, -0.2) is 40.9 Å². The second-order valence-corrected chi connectivity index (χ2v) is 5.65. The van der Waals surface area contributed by atoms with Crippen molar-refractivity contribution in [2.24, 2.45) is 0 Å². The summed E-state index contributed by atoms with van der Waals surface area (Å²) < 4.78 is 12.7. The summed E-state index contributed by atoms with van der Waals surface area (Å²) in [6, 6.07) is 6.67. The molecule has 19 heavy (non-hydrogen) atoms. The van der Waals surface area contributed by atoms with E-state index in [0.29, 0.717) is 24.1 Å². The molecule has 1 N–H and O–H groups in total. The van der Waals surface area contributed by atoms with Crippen LogP contribution in [0.3, 0.4) is 0 Å². The number of benzene rings is 1. The largest absolute Gasteiger partial charge is 0.395 e. The maximum absolute atomic E-state index is 12.7. The zero-order valence-corrected chi connectivity index (χ0v) is 11.5. The van der Waals surface area contributed by atoms with Crippen molar-refractivity contribution in [3.05, 3.63) is 35.6 Å². The minimum absolute atomic E-state index is 0.0187. The molecule has 1 aliphatic carbocycles. The highest BCUT2D eigenvalue weighted by molar-refractivity contribution is 7.99. The standard InChI is InChI=1S/C14H18FNO2S/c15-12-3-1-11(2-4-12)9-19-10-14(18)16(7-8-17)13-5-6-13/h1-4,13,17H,5-10H2. The van der Waals surface area contributed by atoms with Gasteiger partial charge in [0.1, 0.15) is 5.82 Å². The first-order chi connectivity index (χ1) is 9.20. The van der Waals surface area contributed by atoms with Crippen LogP contribution in [0.2, 0.25) is 0 Å². The van der Waals surface area contributed by atoms with E-state index in [4.69, 9.17) is 5.11 Å². The molecule has 3 nitrogen and oxygen atoms in total. The molecular weight excluding hydrogens is 265 g/mol. The predicted octanol–water partition coefficient (Wildman–Crippen LogP) is 2.04. The van der Waals surface area contributed by atoms with Crippen molar-refractivity contribution in [1.82, 2.24) is 4.90 Å². The average Bonchev–Trinajstić information content (AvgIpc) is 3.22. The Labute approximate surface area is 116 Å². The molecule has 104 valence electrons. The van der Waals surface area contributed by atoms with Crippen molar-refractivity contribution < 1.29 is 14.3 Å². The fourth-order valence-corrected chi connectivity index (χ4v) is 2.80. The molecule has 2 rings (SSSR count). The summed E-state index contributed by atoms with van der Waals surface area (Å²) in [4.78, 5) is 13.8. The Kier molecular flexibility index (Phi) is 5.22. The van der Waals surface area contributed by atoms with Crippen molar-refractivity contribution in [2.75, 3.05) is 18.9 Å². The van der Waals surface area contributed by atoms with Gasteiger partial charge in [0.05, 0.1) is 12.4 Å². The smallest absolute Gasteiger partial charge is 0.232 e. The Hall–Kier alpha value is -1.07. The van der Waals surface area contributed by atoms with Crippen molar-refractivity contribution in [3.63, 3.8) is 0 Å². The van der Waals surface area contributed by atoms with Crippen LogP contribution in [0.1, 0.15) is 18.4 Å². The minimum atomic E-state index is -0.243. The van der Waals surface area contributed by atoms with Gasteiger partial charge in [0.2, 0.25) is 5.91 Å². The number of amides is 1. The van der Waals surface area contributed by atoms with Gasteiger partial charge in [0, 0.05) is 18.3 Å².